The van der Waals surface area contributed by atoms with Crippen LogP contribution in [0.3, 0.4) is 0 Å². The van der Waals surface area contributed by atoms with Crippen LogP contribution in [0.25, 0.3) is 11.0 Å². The number of aryl methyl sites for hydroxylation is 1. The first kappa shape index (κ1) is 19.3. The van der Waals surface area contributed by atoms with Crippen LogP contribution >= 0.6 is 0 Å². The van der Waals surface area contributed by atoms with Gasteiger partial charge in [-0.15, -0.1) is 0 Å². The molecule has 0 spiro atoms. The van der Waals surface area contributed by atoms with Crippen LogP contribution in [0.5, 0.6) is 5.75 Å². The maximum absolute atomic E-state index is 6.06. The minimum atomic E-state index is 0.448. The summed E-state index contributed by atoms with van der Waals surface area (Å²) in [4.78, 5) is 4.84. The quantitative estimate of drug-likeness (QED) is 0.364. The van der Waals surface area contributed by atoms with E-state index in [1.807, 2.05) is 18.2 Å². The summed E-state index contributed by atoms with van der Waals surface area (Å²) in [5, 5.41) is 0. The molecule has 3 aromatic carbocycles. The van der Waals surface area contributed by atoms with Crippen LogP contribution in [0, 0.1) is 6.92 Å². The van der Waals surface area contributed by atoms with E-state index in [0.29, 0.717) is 12.5 Å². The van der Waals surface area contributed by atoms with Crippen LogP contribution < -0.4 is 4.74 Å². The van der Waals surface area contributed by atoms with Crippen LogP contribution in [0.1, 0.15) is 48.7 Å². The highest BCUT2D eigenvalue weighted by atomic mass is 16.5. The van der Waals surface area contributed by atoms with E-state index in [0.717, 1.165) is 35.6 Å². The Morgan fingerprint density at radius 2 is 1.76 bits per heavy atom. The fourth-order valence-corrected chi connectivity index (χ4v) is 3.63. The topological polar surface area (TPSA) is 27.1 Å². The molecule has 0 aliphatic heterocycles. The number of aromatic nitrogens is 2. The third kappa shape index (κ3) is 4.34. The molecular formula is C26H28N2O. The van der Waals surface area contributed by atoms with Crippen molar-refractivity contribution in [3.05, 3.63) is 95.3 Å². The Morgan fingerprint density at radius 3 is 2.52 bits per heavy atom. The van der Waals surface area contributed by atoms with E-state index in [9.17, 15) is 0 Å². The Bertz CT molecular complexity index is 1100. The number of hydrogen-bond donors (Lipinski definition) is 0. The molecule has 0 saturated heterocycles. The number of rotatable bonds is 7. The molecule has 29 heavy (non-hydrogen) atoms. The van der Waals surface area contributed by atoms with Gasteiger partial charge in [-0.05, 0) is 60.2 Å². The van der Waals surface area contributed by atoms with Crippen LogP contribution in [-0.2, 0) is 13.2 Å². The van der Waals surface area contributed by atoms with Crippen molar-refractivity contribution in [3.8, 4) is 5.75 Å². The van der Waals surface area contributed by atoms with Crippen molar-refractivity contribution < 1.29 is 4.74 Å². The molecule has 1 atom stereocenters. The number of imidazole rings is 1. The van der Waals surface area contributed by atoms with Gasteiger partial charge in [0.15, 0.2) is 0 Å². The second kappa shape index (κ2) is 8.52. The molecule has 0 N–H and O–H groups in total. The molecule has 0 fully saturated rings. The van der Waals surface area contributed by atoms with Gasteiger partial charge in [-0.1, -0.05) is 62.4 Å². The molecule has 0 saturated carbocycles. The third-order valence-electron chi connectivity index (χ3n) is 5.59. The van der Waals surface area contributed by atoms with Gasteiger partial charge in [0.25, 0.3) is 0 Å². The Kier molecular flexibility index (Phi) is 5.66. The van der Waals surface area contributed by atoms with Crippen molar-refractivity contribution in [1.82, 2.24) is 9.55 Å². The molecule has 0 aliphatic rings. The number of hydrogen-bond acceptors (Lipinski definition) is 2. The summed E-state index contributed by atoms with van der Waals surface area (Å²) in [6.07, 6.45) is 1.16. The second-order valence-electron chi connectivity index (χ2n) is 7.76. The van der Waals surface area contributed by atoms with Crippen LogP contribution in [-0.4, -0.2) is 9.55 Å². The van der Waals surface area contributed by atoms with E-state index in [2.05, 4.69) is 79.9 Å². The smallest absolute Gasteiger partial charge is 0.148 e. The number of para-hydroxylation sites is 2. The molecule has 1 heterocycles. The fraction of sp³-hybridized carbons (Fsp3) is 0.269. The Balaban J connectivity index is 1.61. The zero-order valence-corrected chi connectivity index (χ0v) is 17.4. The molecule has 0 radical (unpaired) electrons. The van der Waals surface area contributed by atoms with Crippen molar-refractivity contribution in [2.75, 3.05) is 0 Å². The van der Waals surface area contributed by atoms with Gasteiger partial charge in [0.2, 0.25) is 0 Å². The summed E-state index contributed by atoms with van der Waals surface area (Å²) >= 11 is 0. The van der Waals surface area contributed by atoms with Crippen molar-refractivity contribution in [2.45, 2.75) is 46.3 Å². The van der Waals surface area contributed by atoms with E-state index >= 15 is 0 Å². The van der Waals surface area contributed by atoms with Gasteiger partial charge < -0.3 is 9.30 Å². The highest BCUT2D eigenvalue weighted by Crippen LogP contribution is 2.22. The maximum Gasteiger partial charge on any atom is 0.148 e. The Hall–Kier alpha value is -3.07. The molecule has 0 bridgehead atoms. The van der Waals surface area contributed by atoms with Gasteiger partial charge in [0.1, 0.15) is 18.2 Å². The third-order valence-corrected chi connectivity index (χ3v) is 5.59. The number of nitrogens with zero attached hydrogens (tertiary/aromatic N) is 2. The summed E-state index contributed by atoms with van der Waals surface area (Å²) in [6, 6.07) is 25.4. The van der Waals surface area contributed by atoms with Crippen LogP contribution in [0.4, 0.5) is 0 Å². The van der Waals surface area contributed by atoms with Gasteiger partial charge in [0, 0.05) is 6.54 Å². The molecule has 4 aromatic rings. The second-order valence-corrected chi connectivity index (χ2v) is 7.76. The SMILES string of the molecule is CCC(C)c1ccc(Cn2c(COc3cccc(C)c3)nc3ccccc32)cc1. The van der Waals surface area contributed by atoms with E-state index < -0.39 is 0 Å². The average Bonchev–Trinajstić information content (AvgIpc) is 3.10. The predicted octanol–water partition coefficient (Wildman–Crippen LogP) is 6.49. The van der Waals surface area contributed by atoms with Crippen LogP contribution in [0.2, 0.25) is 0 Å². The summed E-state index contributed by atoms with van der Waals surface area (Å²) in [5.41, 5.74) is 6.01. The van der Waals surface area contributed by atoms with E-state index in [1.54, 1.807) is 0 Å². The molecule has 4 rings (SSSR count). The van der Waals surface area contributed by atoms with E-state index in [4.69, 9.17) is 9.72 Å². The minimum Gasteiger partial charge on any atom is -0.486 e. The van der Waals surface area contributed by atoms with Crippen molar-refractivity contribution in [3.63, 3.8) is 0 Å². The molecule has 3 nitrogen and oxygen atoms in total. The standard InChI is InChI=1S/C26H28N2O/c1-4-20(3)22-14-12-21(13-15-22)17-28-25-11-6-5-10-24(25)27-26(28)18-29-23-9-7-8-19(2)16-23/h5-16,20H,4,17-18H2,1-3H3. The summed E-state index contributed by atoms with van der Waals surface area (Å²) < 4.78 is 8.33. The Labute approximate surface area is 173 Å². The molecule has 1 unspecified atom stereocenters. The number of fused-ring (bicyclic) bond motifs is 1. The lowest BCUT2D eigenvalue weighted by Gasteiger charge is -2.13. The first-order valence-electron chi connectivity index (χ1n) is 10.4. The summed E-state index contributed by atoms with van der Waals surface area (Å²) in [6.45, 7) is 7.82. The van der Waals surface area contributed by atoms with E-state index in [-0.39, 0.29) is 0 Å². The lowest BCUT2D eigenvalue weighted by atomic mass is 9.98. The van der Waals surface area contributed by atoms with Gasteiger partial charge in [-0.25, -0.2) is 4.98 Å². The first-order valence-corrected chi connectivity index (χ1v) is 10.4. The fourth-order valence-electron chi connectivity index (χ4n) is 3.63. The monoisotopic (exact) mass is 384 g/mol. The van der Waals surface area contributed by atoms with Crippen molar-refractivity contribution in [2.24, 2.45) is 0 Å². The zero-order chi connectivity index (χ0) is 20.2. The van der Waals surface area contributed by atoms with Crippen molar-refractivity contribution in [1.29, 1.82) is 0 Å². The molecule has 3 heteroatoms. The number of ether oxygens (including phenoxy) is 1. The first-order chi connectivity index (χ1) is 14.1. The number of benzene rings is 3. The van der Waals surface area contributed by atoms with Gasteiger partial charge in [0.05, 0.1) is 11.0 Å². The molecule has 1 aromatic heterocycles. The lowest BCUT2D eigenvalue weighted by molar-refractivity contribution is 0.291. The predicted molar refractivity (Wildman–Crippen MR) is 119 cm³/mol. The lowest BCUT2D eigenvalue weighted by Crippen LogP contribution is -2.08. The highest BCUT2D eigenvalue weighted by molar-refractivity contribution is 5.76. The van der Waals surface area contributed by atoms with Gasteiger partial charge >= 0.3 is 0 Å². The molecular weight excluding hydrogens is 356 g/mol. The summed E-state index contributed by atoms with van der Waals surface area (Å²) in [7, 11) is 0. The van der Waals surface area contributed by atoms with Gasteiger partial charge in [-0.3, -0.25) is 0 Å². The zero-order valence-electron chi connectivity index (χ0n) is 17.4. The maximum atomic E-state index is 6.06. The molecule has 0 amide bonds. The Morgan fingerprint density at radius 1 is 0.966 bits per heavy atom. The van der Waals surface area contributed by atoms with Crippen molar-refractivity contribution >= 4 is 11.0 Å². The van der Waals surface area contributed by atoms with Crippen LogP contribution in [0.15, 0.2) is 72.8 Å². The minimum absolute atomic E-state index is 0.448. The van der Waals surface area contributed by atoms with Gasteiger partial charge in [-0.2, -0.15) is 0 Å². The normalized spacial score (nSPS) is 12.2. The molecule has 0 aliphatic carbocycles. The van der Waals surface area contributed by atoms with E-state index in [1.165, 1.54) is 16.7 Å². The summed E-state index contributed by atoms with van der Waals surface area (Å²) in [5.74, 6) is 2.41. The largest absolute Gasteiger partial charge is 0.486 e. The molecule has 148 valence electrons. The average molecular weight is 385 g/mol. The highest BCUT2D eigenvalue weighted by Gasteiger charge is 2.12.